The smallest absolute Gasteiger partial charge is 0.248 e. The summed E-state index contributed by atoms with van der Waals surface area (Å²) in [6.07, 6.45) is 0. The van der Waals surface area contributed by atoms with Gasteiger partial charge >= 0.3 is 0 Å². The molecule has 2 aromatic carbocycles. The molecule has 122 valence electrons. The highest BCUT2D eigenvalue weighted by molar-refractivity contribution is 6.30. The Morgan fingerprint density at radius 1 is 1.25 bits per heavy atom. The molecule has 1 amide bonds. The fraction of sp³-hybridized carbons (Fsp3) is 0.125. The third-order valence-corrected chi connectivity index (χ3v) is 3.67. The van der Waals surface area contributed by atoms with E-state index in [0.717, 1.165) is 11.1 Å². The van der Waals surface area contributed by atoms with Crippen LogP contribution in [-0.2, 0) is 6.54 Å². The second kappa shape index (κ2) is 6.67. The number of nitrogens with zero attached hydrogens (tertiary/aromatic N) is 4. The summed E-state index contributed by atoms with van der Waals surface area (Å²) >= 11 is 6.02. The Balaban J connectivity index is 1.83. The van der Waals surface area contributed by atoms with Crippen molar-refractivity contribution in [3.63, 3.8) is 0 Å². The Kier molecular flexibility index (Phi) is 4.43. The van der Waals surface area contributed by atoms with Crippen LogP contribution in [-0.4, -0.2) is 33.2 Å². The van der Waals surface area contributed by atoms with Crippen LogP contribution in [0.15, 0.2) is 42.5 Å². The van der Waals surface area contributed by atoms with Crippen LogP contribution >= 0.6 is 11.6 Å². The summed E-state index contributed by atoms with van der Waals surface area (Å²) in [4.78, 5) is 12.5. The van der Waals surface area contributed by atoms with Gasteiger partial charge < -0.3 is 10.5 Å². The van der Waals surface area contributed by atoms with Crippen molar-refractivity contribution >= 4 is 17.5 Å². The number of tetrazole rings is 1. The molecule has 2 N–H and O–H groups in total. The molecule has 0 saturated heterocycles. The van der Waals surface area contributed by atoms with Gasteiger partial charge in [0.05, 0.1) is 13.7 Å². The molecule has 24 heavy (non-hydrogen) atoms. The Labute approximate surface area is 143 Å². The number of carbonyl (C=O) groups is 1. The average Bonchev–Trinajstić information content (AvgIpc) is 3.04. The lowest BCUT2D eigenvalue weighted by Crippen LogP contribution is -2.10. The van der Waals surface area contributed by atoms with E-state index in [9.17, 15) is 4.79 Å². The molecule has 0 fully saturated rings. The maximum Gasteiger partial charge on any atom is 0.248 e. The van der Waals surface area contributed by atoms with Gasteiger partial charge in [-0.1, -0.05) is 23.7 Å². The Hall–Kier alpha value is -2.93. The number of rotatable bonds is 5. The van der Waals surface area contributed by atoms with Crippen LogP contribution in [0.2, 0.25) is 5.02 Å². The Morgan fingerprint density at radius 2 is 2.00 bits per heavy atom. The van der Waals surface area contributed by atoms with Gasteiger partial charge in [0, 0.05) is 21.7 Å². The Morgan fingerprint density at radius 3 is 2.67 bits per heavy atom. The minimum Gasteiger partial charge on any atom is -0.496 e. The van der Waals surface area contributed by atoms with E-state index in [0.29, 0.717) is 28.7 Å². The van der Waals surface area contributed by atoms with Gasteiger partial charge in [0.15, 0.2) is 0 Å². The number of halogens is 1. The van der Waals surface area contributed by atoms with Crippen molar-refractivity contribution in [2.75, 3.05) is 7.11 Å². The first-order valence-corrected chi connectivity index (χ1v) is 7.45. The lowest BCUT2D eigenvalue weighted by atomic mass is 10.1. The molecule has 0 aliphatic rings. The maximum absolute atomic E-state index is 11.1. The van der Waals surface area contributed by atoms with Crippen LogP contribution in [0.1, 0.15) is 15.9 Å². The predicted octanol–water partition coefficient (Wildman–Crippen LogP) is 2.15. The lowest BCUT2D eigenvalue weighted by molar-refractivity contribution is 0.100. The number of carbonyl (C=O) groups excluding carboxylic acids is 1. The molecule has 0 unspecified atom stereocenters. The largest absolute Gasteiger partial charge is 0.496 e. The summed E-state index contributed by atoms with van der Waals surface area (Å²) in [7, 11) is 1.59. The summed E-state index contributed by atoms with van der Waals surface area (Å²) < 4.78 is 5.31. The standard InChI is InChI=1S/C16H14ClN5O2/c1-24-14-7-6-13(17)8-12(14)9-22-20-16(19-21-22)11-4-2-10(3-5-11)15(18)23/h2-8H,9H2,1H3,(H2,18,23). The molecule has 0 aliphatic carbocycles. The SMILES string of the molecule is COc1ccc(Cl)cc1Cn1nnc(-c2ccc(C(N)=O)cc2)n1. The minimum atomic E-state index is -0.480. The zero-order valence-corrected chi connectivity index (χ0v) is 13.6. The highest BCUT2D eigenvalue weighted by atomic mass is 35.5. The molecule has 1 heterocycles. The minimum absolute atomic E-state index is 0.371. The molecule has 0 atom stereocenters. The molecular formula is C16H14ClN5O2. The van der Waals surface area contributed by atoms with Gasteiger partial charge in [-0.25, -0.2) is 0 Å². The van der Waals surface area contributed by atoms with Gasteiger partial charge in [0.2, 0.25) is 11.7 Å². The van der Waals surface area contributed by atoms with Gasteiger partial charge in [0.1, 0.15) is 5.75 Å². The average molecular weight is 344 g/mol. The quantitative estimate of drug-likeness (QED) is 0.765. The number of hydrogen-bond acceptors (Lipinski definition) is 5. The summed E-state index contributed by atoms with van der Waals surface area (Å²) in [6.45, 7) is 0.371. The third kappa shape index (κ3) is 3.36. The van der Waals surface area contributed by atoms with Crippen LogP contribution in [0.3, 0.4) is 0 Å². The molecule has 0 bridgehead atoms. The van der Waals surface area contributed by atoms with Crippen LogP contribution in [0.4, 0.5) is 0 Å². The van der Waals surface area contributed by atoms with E-state index in [1.54, 1.807) is 49.6 Å². The zero-order chi connectivity index (χ0) is 17.1. The fourth-order valence-corrected chi connectivity index (χ4v) is 2.43. The molecule has 3 aromatic rings. The molecule has 8 heteroatoms. The highest BCUT2D eigenvalue weighted by Gasteiger charge is 2.10. The van der Waals surface area contributed by atoms with E-state index in [2.05, 4.69) is 15.4 Å². The number of nitrogens with two attached hydrogens (primary N) is 1. The van der Waals surface area contributed by atoms with Gasteiger partial charge in [-0.05, 0) is 35.5 Å². The van der Waals surface area contributed by atoms with Crippen molar-refractivity contribution < 1.29 is 9.53 Å². The second-order valence-corrected chi connectivity index (χ2v) is 5.48. The van der Waals surface area contributed by atoms with Crippen molar-refractivity contribution in [1.82, 2.24) is 20.2 Å². The number of hydrogen-bond donors (Lipinski definition) is 1. The van der Waals surface area contributed by atoms with Gasteiger partial charge in [-0.2, -0.15) is 4.80 Å². The summed E-state index contributed by atoms with van der Waals surface area (Å²) in [5, 5.41) is 13.0. The number of benzene rings is 2. The van der Waals surface area contributed by atoms with Gasteiger partial charge in [-0.15, -0.1) is 10.2 Å². The third-order valence-electron chi connectivity index (χ3n) is 3.43. The lowest BCUT2D eigenvalue weighted by Gasteiger charge is -2.07. The monoisotopic (exact) mass is 343 g/mol. The predicted molar refractivity (Wildman–Crippen MR) is 88.9 cm³/mol. The molecule has 0 spiro atoms. The van der Waals surface area contributed by atoms with Crippen molar-refractivity contribution in [1.29, 1.82) is 0 Å². The van der Waals surface area contributed by atoms with E-state index >= 15 is 0 Å². The van der Waals surface area contributed by atoms with Crippen molar-refractivity contribution in [2.45, 2.75) is 6.54 Å². The van der Waals surface area contributed by atoms with E-state index < -0.39 is 5.91 Å². The number of ether oxygens (including phenoxy) is 1. The fourth-order valence-electron chi connectivity index (χ4n) is 2.23. The summed E-state index contributed by atoms with van der Waals surface area (Å²) in [5.41, 5.74) is 7.23. The van der Waals surface area contributed by atoms with Crippen molar-refractivity contribution in [3.05, 3.63) is 58.6 Å². The van der Waals surface area contributed by atoms with E-state index in [4.69, 9.17) is 22.1 Å². The summed E-state index contributed by atoms with van der Waals surface area (Å²) in [6, 6.07) is 12.0. The molecule has 3 rings (SSSR count). The first-order valence-electron chi connectivity index (χ1n) is 7.07. The van der Waals surface area contributed by atoms with Gasteiger partial charge in [-0.3, -0.25) is 4.79 Å². The van der Waals surface area contributed by atoms with Crippen LogP contribution < -0.4 is 10.5 Å². The number of methoxy groups -OCH3 is 1. The summed E-state index contributed by atoms with van der Waals surface area (Å²) in [5.74, 6) is 0.669. The number of aromatic nitrogens is 4. The topological polar surface area (TPSA) is 95.9 Å². The number of amides is 1. The normalized spacial score (nSPS) is 10.6. The molecule has 1 aromatic heterocycles. The van der Waals surface area contributed by atoms with Crippen LogP contribution in [0.25, 0.3) is 11.4 Å². The molecular weight excluding hydrogens is 330 g/mol. The molecule has 0 radical (unpaired) electrons. The van der Waals surface area contributed by atoms with Crippen molar-refractivity contribution in [2.24, 2.45) is 5.73 Å². The molecule has 0 aliphatic heterocycles. The molecule has 7 nitrogen and oxygen atoms in total. The van der Waals surface area contributed by atoms with Crippen LogP contribution in [0.5, 0.6) is 5.75 Å². The van der Waals surface area contributed by atoms with E-state index in [-0.39, 0.29) is 0 Å². The highest BCUT2D eigenvalue weighted by Crippen LogP contribution is 2.23. The second-order valence-electron chi connectivity index (χ2n) is 5.04. The maximum atomic E-state index is 11.1. The van der Waals surface area contributed by atoms with Crippen LogP contribution in [0, 0.1) is 0 Å². The molecule has 0 saturated carbocycles. The first-order chi connectivity index (χ1) is 11.6. The van der Waals surface area contributed by atoms with E-state index in [1.165, 1.54) is 4.80 Å². The Bertz CT molecular complexity index is 876. The number of primary amides is 1. The van der Waals surface area contributed by atoms with Gasteiger partial charge in [0.25, 0.3) is 0 Å². The first kappa shape index (κ1) is 15.9. The zero-order valence-electron chi connectivity index (χ0n) is 12.8. The van der Waals surface area contributed by atoms with Crippen molar-refractivity contribution in [3.8, 4) is 17.1 Å². The van der Waals surface area contributed by atoms with E-state index in [1.807, 2.05) is 0 Å².